The topological polar surface area (TPSA) is 55.4 Å². The maximum atomic E-state index is 12.0. The van der Waals surface area contributed by atoms with Crippen molar-refractivity contribution in [3.05, 3.63) is 63.6 Å². The Balaban J connectivity index is 1.50. The molecule has 1 fully saturated rings. The molecule has 7 heteroatoms. The molecule has 2 aromatic carbocycles. The second kappa shape index (κ2) is 8.80. The van der Waals surface area contributed by atoms with Gasteiger partial charge in [0.05, 0.1) is 10.6 Å². The first kappa shape index (κ1) is 19.1. The van der Waals surface area contributed by atoms with Crippen LogP contribution in [0.3, 0.4) is 0 Å². The van der Waals surface area contributed by atoms with Crippen LogP contribution in [0, 0.1) is 0 Å². The summed E-state index contributed by atoms with van der Waals surface area (Å²) < 4.78 is 5.03. The average Bonchev–Trinajstić information content (AvgIpc) is 3.45. The Kier molecular flexibility index (Phi) is 6.46. The highest BCUT2D eigenvalue weighted by atomic mass is 35.5. The van der Waals surface area contributed by atoms with Crippen molar-refractivity contribution in [1.82, 2.24) is 5.32 Å². The van der Waals surface area contributed by atoms with E-state index in [1.807, 2.05) is 18.2 Å². The Morgan fingerprint density at radius 1 is 1.12 bits per heavy atom. The second-order valence-corrected chi connectivity index (χ2v) is 7.84. The molecule has 1 aliphatic rings. The van der Waals surface area contributed by atoms with Crippen molar-refractivity contribution in [1.29, 1.82) is 0 Å². The number of esters is 1. The molecule has 1 aliphatic carbocycles. The summed E-state index contributed by atoms with van der Waals surface area (Å²) in [4.78, 5) is 24.4. The van der Waals surface area contributed by atoms with Gasteiger partial charge in [0.15, 0.2) is 6.61 Å². The van der Waals surface area contributed by atoms with Gasteiger partial charge in [0.25, 0.3) is 5.91 Å². The lowest BCUT2D eigenvalue weighted by atomic mass is 10.1. The molecule has 0 heterocycles. The molecule has 0 radical (unpaired) electrons. The van der Waals surface area contributed by atoms with Crippen LogP contribution in [0.5, 0.6) is 0 Å². The minimum absolute atomic E-state index is 0.250. The molecule has 0 spiro atoms. The summed E-state index contributed by atoms with van der Waals surface area (Å²) in [5, 5.41) is 4.07. The number of ether oxygens (including phenoxy) is 1. The van der Waals surface area contributed by atoms with Crippen molar-refractivity contribution < 1.29 is 14.3 Å². The number of hydrogen-bond donors (Lipinski definition) is 1. The van der Waals surface area contributed by atoms with Crippen LogP contribution in [-0.2, 0) is 15.3 Å². The van der Waals surface area contributed by atoms with E-state index in [2.05, 4.69) is 5.32 Å². The first-order chi connectivity index (χ1) is 12.5. The molecule has 0 aromatic heterocycles. The highest BCUT2D eigenvalue weighted by Crippen LogP contribution is 2.32. The lowest BCUT2D eigenvalue weighted by Crippen LogP contribution is -2.30. The second-order valence-electron chi connectivity index (χ2n) is 5.98. The molecule has 26 heavy (non-hydrogen) atoms. The number of hydrogen-bond acceptors (Lipinski definition) is 4. The van der Waals surface area contributed by atoms with Crippen molar-refractivity contribution >= 4 is 46.8 Å². The molecular formula is C19H17Cl2NO3S. The van der Waals surface area contributed by atoms with Gasteiger partial charge >= 0.3 is 5.97 Å². The van der Waals surface area contributed by atoms with E-state index in [1.54, 1.807) is 36.0 Å². The Bertz CT molecular complexity index is 807. The van der Waals surface area contributed by atoms with Gasteiger partial charge in [-0.1, -0.05) is 35.3 Å². The number of nitrogens with one attached hydrogen (secondary N) is 1. The molecule has 0 saturated heterocycles. The van der Waals surface area contributed by atoms with Gasteiger partial charge in [-0.05, 0) is 48.7 Å². The van der Waals surface area contributed by atoms with E-state index in [9.17, 15) is 9.59 Å². The van der Waals surface area contributed by atoms with E-state index in [4.69, 9.17) is 27.9 Å². The average molecular weight is 410 g/mol. The fourth-order valence-corrected chi connectivity index (χ4v) is 3.65. The zero-order valence-electron chi connectivity index (χ0n) is 13.8. The largest absolute Gasteiger partial charge is 0.452 e. The lowest BCUT2D eigenvalue weighted by Gasteiger charge is -2.07. The highest BCUT2D eigenvalue weighted by molar-refractivity contribution is 7.98. The molecule has 2 aromatic rings. The summed E-state index contributed by atoms with van der Waals surface area (Å²) in [6, 6.07) is 12.7. The summed E-state index contributed by atoms with van der Waals surface area (Å²) in [5.41, 5.74) is 1.45. The van der Waals surface area contributed by atoms with E-state index in [0.717, 1.165) is 23.3 Å². The summed E-state index contributed by atoms with van der Waals surface area (Å²) >= 11 is 13.7. The highest BCUT2D eigenvalue weighted by Gasteiger charge is 2.23. The Hall–Kier alpha value is -1.69. The molecule has 4 nitrogen and oxygen atoms in total. The van der Waals surface area contributed by atoms with Gasteiger partial charge in [0.1, 0.15) is 0 Å². The summed E-state index contributed by atoms with van der Waals surface area (Å²) in [6.45, 7) is -0.250. The first-order valence-electron chi connectivity index (χ1n) is 8.14. The van der Waals surface area contributed by atoms with Crippen molar-refractivity contribution in [2.45, 2.75) is 29.5 Å². The predicted molar refractivity (Wildman–Crippen MR) is 104 cm³/mol. The molecule has 3 rings (SSSR count). The summed E-state index contributed by atoms with van der Waals surface area (Å²) in [5.74, 6) is -0.0700. The number of halogens is 2. The number of carbonyl (C=O) groups is 2. The van der Waals surface area contributed by atoms with Gasteiger partial charge in [-0.2, -0.15) is 0 Å². The minimum atomic E-state index is -0.506. The fourth-order valence-electron chi connectivity index (χ4n) is 2.20. The van der Waals surface area contributed by atoms with Gasteiger partial charge < -0.3 is 10.1 Å². The molecule has 136 valence electrons. The first-order valence-corrected chi connectivity index (χ1v) is 9.89. The van der Waals surface area contributed by atoms with Crippen molar-refractivity contribution in [2.75, 3.05) is 6.61 Å². The van der Waals surface area contributed by atoms with E-state index in [1.165, 1.54) is 0 Å². The quantitative estimate of drug-likeness (QED) is 0.530. The SMILES string of the molecule is O=C(COC(=O)c1ccc(CSc2cc(Cl)ccc2Cl)cc1)NC1CC1. The number of rotatable bonds is 7. The fraction of sp³-hybridized carbons (Fsp3) is 0.263. The standard InChI is InChI=1S/C19H17Cl2NO3S/c20-14-5-8-16(21)17(9-14)26-11-12-1-3-13(4-2-12)19(24)25-10-18(23)22-15-6-7-15/h1-5,8-9,15H,6-7,10-11H2,(H,22,23). The number of thioether (sulfide) groups is 1. The van der Waals surface area contributed by atoms with Crippen molar-refractivity contribution in [2.24, 2.45) is 0 Å². The molecule has 0 bridgehead atoms. The van der Waals surface area contributed by atoms with E-state index >= 15 is 0 Å². The summed E-state index contributed by atoms with van der Waals surface area (Å²) in [6.07, 6.45) is 2.00. The van der Waals surface area contributed by atoms with Crippen LogP contribution in [0.4, 0.5) is 0 Å². The molecule has 0 atom stereocenters. The molecule has 1 N–H and O–H groups in total. The smallest absolute Gasteiger partial charge is 0.338 e. The molecule has 0 unspecified atom stereocenters. The van der Waals surface area contributed by atoms with Crippen LogP contribution in [-0.4, -0.2) is 24.5 Å². The lowest BCUT2D eigenvalue weighted by molar-refractivity contribution is -0.124. The van der Waals surface area contributed by atoms with Crippen LogP contribution in [0.25, 0.3) is 0 Å². The van der Waals surface area contributed by atoms with Crippen LogP contribution in [0.2, 0.25) is 10.0 Å². The normalized spacial score (nSPS) is 13.3. The van der Waals surface area contributed by atoms with Crippen LogP contribution in [0.15, 0.2) is 47.4 Å². The van der Waals surface area contributed by atoms with E-state index in [-0.39, 0.29) is 18.6 Å². The number of benzene rings is 2. The van der Waals surface area contributed by atoms with Gasteiger partial charge in [0.2, 0.25) is 0 Å². The van der Waals surface area contributed by atoms with Gasteiger partial charge in [-0.3, -0.25) is 4.79 Å². The molecule has 1 amide bonds. The van der Waals surface area contributed by atoms with Crippen molar-refractivity contribution in [3.63, 3.8) is 0 Å². The maximum Gasteiger partial charge on any atom is 0.338 e. The zero-order chi connectivity index (χ0) is 18.5. The van der Waals surface area contributed by atoms with Gasteiger partial charge in [-0.15, -0.1) is 11.8 Å². The summed E-state index contributed by atoms with van der Waals surface area (Å²) in [7, 11) is 0. The van der Waals surface area contributed by atoms with E-state index in [0.29, 0.717) is 21.4 Å². The third-order valence-corrected chi connectivity index (χ3v) is 5.56. The molecule has 1 saturated carbocycles. The Morgan fingerprint density at radius 2 is 1.85 bits per heavy atom. The maximum absolute atomic E-state index is 12.0. The minimum Gasteiger partial charge on any atom is -0.452 e. The third-order valence-electron chi connectivity index (χ3n) is 3.75. The Labute approximate surface area is 166 Å². The van der Waals surface area contributed by atoms with E-state index < -0.39 is 5.97 Å². The number of amides is 1. The van der Waals surface area contributed by atoms with Crippen molar-refractivity contribution in [3.8, 4) is 0 Å². The van der Waals surface area contributed by atoms with Gasteiger partial charge in [-0.25, -0.2) is 4.79 Å². The molecule has 0 aliphatic heterocycles. The van der Waals surface area contributed by atoms with Crippen LogP contribution < -0.4 is 5.32 Å². The predicted octanol–water partition coefficient (Wildman–Crippen LogP) is 4.72. The van der Waals surface area contributed by atoms with Gasteiger partial charge in [0, 0.05) is 21.7 Å². The zero-order valence-corrected chi connectivity index (χ0v) is 16.2. The van der Waals surface area contributed by atoms with Crippen LogP contribution in [0.1, 0.15) is 28.8 Å². The Morgan fingerprint density at radius 3 is 2.54 bits per heavy atom. The van der Waals surface area contributed by atoms with Crippen LogP contribution >= 0.6 is 35.0 Å². The third kappa shape index (κ3) is 5.66. The number of carbonyl (C=O) groups excluding carboxylic acids is 2. The molecular weight excluding hydrogens is 393 g/mol. The monoisotopic (exact) mass is 409 g/mol.